The molecular weight excluding hydrogens is 532 g/mol. The number of carbonyl (C=O) groups is 1. The van der Waals surface area contributed by atoms with Crippen molar-refractivity contribution in [1.82, 2.24) is 9.71 Å². The number of fused-ring (bicyclic) bond motifs is 1. The third kappa shape index (κ3) is 7.18. The molecule has 4 rings (SSSR count). The molecule has 0 spiro atoms. The van der Waals surface area contributed by atoms with Gasteiger partial charge in [0.2, 0.25) is 11.0 Å². The molecule has 0 aliphatic heterocycles. The van der Waals surface area contributed by atoms with E-state index in [1.807, 2.05) is 24.3 Å². The van der Waals surface area contributed by atoms with Gasteiger partial charge in [-0.3, -0.25) is 10.2 Å². The fraction of sp³-hybridized carbons (Fsp3) is 0.138. The zero-order valence-corrected chi connectivity index (χ0v) is 23.0. The van der Waals surface area contributed by atoms with Gasteiger partial charge in [-0.1, -0.05) is 67.0 Å². The molecule has 2 aromatic heterocycles. The topological polar surface area (TPSA) is 114 Å². The van der Waals surface area contributed by atoms with E-state index < -0.39 is 15.9 Å². The molecular formula is C29H28N4O4S2. The summed E-state index contributed by atoms with van der Waals surface area (Å²) in [4.78, 5) is 16.8. The average molecular weight is 561 g/mol. The van der Waals surface area contributed by atoms with E-state index in [0.29, 0.717) is 40.8 Å². The summed E-state index contributed by atoms with van der Waals surface area (Å²) in [5.74, 6) is 0.411. The normalized spacial score (nSPS) is 12.3. The molecule has 8 nitrogen and oxygen atoms in total. The minimum atomic E-state index is -4.05. The predicted molar refractivity (Wildman–Crippen MR) is 157 cm³/mol. The molecule has 2 N–H and O–H groups in total. The quantitative estimate of drug-likeness (QED) is 0.114. The van der Waals surface area contributed by atoms with E-state index in [1.165, 1.54) is 23.5 Å². The number of rotatable bonds is 12. The number of benzene rings is 2. The van der Waals surface area contributed by atoms with Gasteiger partial charge in [0.15, 0.2) is 5.76 Å². The summed E-state index contributed by atoms with van der Waals surface area (Å²) in [7, 11) is -4.05. The molecule has 39 heavy (non-hydrogen) atoms. The highest BCUT2D eigenvalue weighted by Gasteiger charge is 2.19. The van der Waals surface area contributed by atoms with Crippen LogP contribution in [0.2, 0.25) is 0 Å². The van der Waals surface area contributed by atoms with E-state index in [2.05, 4.69) is 33.4 Å². The number of allylic oxidation sites excluding steroid dienone is 4. The zero-order valence-electron chi connectivity index (χ0n) is 21.4. The number of nitrogens with one attached hydrogen (secondary N) is 2. The Labute approximate surface area is 231 Å². The lowest BCUT2D eigenvalue weighted by molar-refractivity contribution is -0.119. The second kappa shape index (κ2) is 12.5. The van der Waals surface area contributed by atoms with Crippen molar-refractivity contribution >= 4 is 48.3 Å². The van der Waals surface area contributed by atoms with Gasteiger partial charge in [0.1, 0.15) is 11.5 Å². The summed E-state index contributed by atoms with van der Waals surface area (Å²) in [6.45, 7) is 9.15. The summed E-state index contributed by atoms with van der Waals surface area (Å²) >= 11 is 1.50. The fourth-order valence-electron chi connectivity index (χ4n) is 3.73. The van der Waals surface area contributed by atoms with Crippen molar-refractivity contribution in [3.8, 4) is 11.3 Å². The van der Waals surface area contributed by atoms with Crippen molar-refractivity contribution in [3.05, 3.63) is 103 Å². The summed E-state index contributed by atoms with van der Waals surface area (Å²) < 4.78 is 34.8. The van der Waals surface area contributed by atoms with Crippen LogP contribution in [0, 0.1) is 0 Å². The predicted octanol–water partition coefficient (Wildman–Crippen LogP) is 6.67. The smallest absolute Gasteiger partial charge is 0.264 e. The Morgan fingerprint density at radius 1 is 1.10 bits per heavy atom. The average Bonchev–Trinajstić information content (AvgIpc) is 3.58. The molecule has 0 fully saturated rings. The van der Waals surface area contributed by atoms with Crippen LogP contribution >= 0.6 is 11.3 Å². The van der Waals surface area contributed by atoms with Crippen LogP contribution < -0.4 is 10.1 Å². The number of amides is 1. The van der Waals surface area contributed by atoms with Gasteiger partial charge in [0.25, 0.3) is 10.0 Å². The van der Waals surface area contributed by atoms with E-state index in [1.54, 1.807) is 49.4 Å². The molecule has 1 amide bonds. The van der Waals surface area contributed by atoms with E-state index >= 15 is 0 Å². The van der Waals surface area contributed by atoms with Crippen LogP contribution in [0.1, 0.15) is 31.9 Å². The Balaban J connectivity index is 1.41. The first-order valence-corrected chi connectivity index (χ1v) is 14.4. The van der Waals surface area contributed by atoms with Crippen molar-refractivity contribution in [1.29, 1.82) is 0 Å². The van der Waals surface area contributed by atoms with Crippen molar-refractivity contribution in [2.75, 3.05) is 5.43 Å². The molecule has 0 atom stereocenters. The highest BCUT2D eigenvalue weighted by molar-refractivity contribution is 7.90. The maximum atomic E-state index is 12.8. The van der Waals surface area contributed by atoms with Gasteiger partial charge < -0.3 is 4.42 Å². The van der Waals surface area contributed by atoms with Gasteiger partial charge in [-0.2, -0.15) is 5.10 Å². The second-order valence-corrected chi connectivity index (χ2v) is 11.3. The monoisotopic (exact) mass is 560 g/mol. The summed E-state index contributed by atoms with van der Waals surface area (Å²) in [6, 6.07) is 17.6. The molecule has 0 aliphatic carbocycles. The minimum Gasteiger partial charge on any atom is -0.455 e. The van der Waals surface area contributed by atoms with Crippen molar-refractivity contribution < 1.29 is 17.6 Å². The number of thiazole rings is 1. The third-order valence-electron chi connectivity index (χ3n) is 5.72. The van der Waals surface area contributed by atoms with E-state index in [9.17, 15) is 13.2 Å². The zero-order chi connectivity index (χ0) is 27.8. The number of sulfonamides is 1. The Hall–Kier alpha value is -4.28. The van der Waals surface area contributed by atoms with Crippen LogP contribution in [0.25, 0.3) is 21.5 Å². The molecule has 10 heteroatoms. The lowest BCUT2D eigenvalue weighted by atomic mass is 10.1. The van der Waals surface area contributed by atoms with Crippen molar-refractivity contribution in [3.63, 3.8) is 0 Å². The van der Waals surface area contributed by atoms with Gasteiger partial charge in [-0.25, -0.2) is 18.1 Å². The summed E-state index contributed by atoms with van der Waals surface area (Å²) in [5.41, 5.74) is 5.93. The number of nitrogens with zero attached hydrogens (tertiary/aromatic N) is 2. The van der Waals surface area contributed by atoms with Crippen molar-refractivity contribution in [2.45, 2.75) is 31.1 Å². The van der Waals surface area contributed by atoms with E-state index in [-0.39, 0.29) is 11.3 Å². The summed E-state index contributed by atoms with van der Waals surface area (Å²) in [5, 5.41) is 5.03. The highest BCUT2D eigenvalue weighted by Crippen LogP contribution is 2.27. The Morgan fingerprint density at radius 3 is 2.69 bits per heavy atom. The number of aromatic nitrogens is 1. The van der Waals surface area contributed by atoms with Crippen LogP contribution in [0.5, 0.6) is 0 Å². The van der Waals surface area contributed by atoms with Crippen LogP contribution in [0.3, 0.4) is 0 Å². The molecule has 2 heterocycles. The molecule has 0 saturated heterocycles. The van der Waals surface area contributed by atoms with Gasteiger partial charge in [0.05, 0.1) is 15.1 Å². The van der Waals surface area contributed by atoms with Crippen LogP contribution in [-0.4, -0.2) is 25.0 Å². The standard InChI is InChI=1S/C29H28N4O4S2/c1-4-10-21(5-2)11-8-16-28(34)33-39(35,36)23-13-9-12-22(19-23)26-18-17-25(37-26)20(3)31-32-29-30-24-14-6-7-15-27(24)38-29/h4-7,9-10,12-15,17-19H,1-2,8,11,16H2,3H3,(H,30,32)(H,33,34)/b21-10+,31-20+. The van der Waals surface area contributed by atoms with Crippen LogP contribution in [0.4, 0.5) is 5.13 Å². The number of hydrazone groups is 1. The Kier molecular flexibility index (Phi) is 8.90. The lowest BCUT2D eigenvalue weighted by Crippen LogP contribution is -2.30. The summed E-state index contributed by atoms with van der Waals surface area (Å²) in [6.07, 6.45) is 6.28. The molecule has 4 aromatic rings. The molecule has 0 radical (unpaired) electrons. The minimum absolute atomic E-state index is 0.0347. The SMILES string of the molecule is C=C/C=C(\C=C)CCCC(=O)NS(=O)(=O)c1cccc(-c2ccc(/C(C)=N/Nc3nc4ccccc4s3)o2)c1. The number of anilines is 1. The molecule has 200 valence electrons. The van der Waals surface area contributed by atoms with Gasteiger partial charge in [-0.05, 0) is 61.7 Å². The first-order valence-electron chi connectivity index (χ1n) is 12.2. The van der Waals surface area contributed by atoms with Crippen LogP contribution in [0.15, 0.2) is 112 Å². The number of carbonyl (C=O) groups excluding carboxylic acids is 1. The van der Waals surface area contributed by atoms with E-state index in [0.717, 1.165) is 15.8 Å². The Bertz CT molecular complexity index is 1650. The van der Waals surface area contributed by atoms with Gasteiger partial charge in [0, 0.05) is 12.0 Å². The Morgan fingerprint density at radius 2 is 1.92 bits per heavy atom. The largest absolute Gasteiger partial charge is 0.455 e. The number of para-hydroxylation sites is 1. The third-order valence-corrected chi connectivity index (χ3v) is 8.03. The number of hydrogen-bond donors (Lipinski definition) is 2. The van der Waals surface area contributed by atoms with Gasteiger partial charge >= 0.3 is 0 Å². The van der Waals surface area contributed by atoms with Crippen molar-refractivity contribution in [2.24, 2.45) is 5.10 Å². The molecule has 0 unspecified atom stereocenters. The number of hydrogen-bond acceptors (Lipinski definition) is 8. The number of furan rings is 1. The first-order chi connectivity index (χ1) is 18.8. The van der Waals surface area contributed by atoms with E-state index in [4.69, 9.17) is 4.42 Å². The first kappa shape index (κ1) is 27.7. The highest BCUT2D eigenvalue weighted by atomic mass is 32.2. The maximum Gasteiger partial charge on any atom is 0.264 e. The maximum absolute atomic E-state index is 12.8. The molecule has 0 saturated carbocycles. The molecule has 0 bridgehead atoms. The fourth-order valence-corrected chi connectivity index (χ4v) is 5.60. The van der Waals surface area contributed by atoms with Gasteiger partial charge in [-0.15, -0.1) is 0 Å². The molecule has 2 aromatic carbocycles. The molecule has 0 aliphatic rings. The second-order valence-electron chi connectivity index (χ2n) is 8.55. The van der Waals surface area contributed by atoms with Crippen LogP contribution in [-0.2, 0) is 14.8 Å². The lowest BCUT2D eigenvalue weighted by Gasteiger charge is -2.08.